The summed E-state index contributed by atoms with van der Waals surface area (Å²) in [5, 5.41) is 14.7. The fraction of sp³-hybridized carbons (Fsp3) is 0.467. The quantitative estimate of drug-likeness (QED) is 0.886. The lowest BCUT2D eigenvalue weighted by molar-refractivity contribution is -0.113. The predicted octanol–water partition coefficient (Wildman–Crippen LogP) is 2.50. The molecule has 1 N–H and O–H groups in total. The summed E-state index contributed by atoms with van der Waals surface area (Å²) in [4.78, 5) is 12.0. The number of anilines is 1. The van der Waals surface area contributed by atoms with Gasteiger partial charge in [0.25, 0.3) is 0 Å². The number of nitrogens with zero attached hydrogens (tertiary/aromatic N) is 4. The molecule has 1 aromatic heterocycles. The summed E-state index contributed by atoms with van der Waals surface area (Å²) in [6.45, 7) is 4.01. The largest absolute Gasteiger partial charge is 0.325 e. The van der Waals surface area contributed by atoms with Gasteiger partial charge in [-0.25, -0.2) is 4.68 Å². The van der Waals surface area contributed by atoms with Gasteiger partial charge < -0.3 is 5.32 Å². The molecule has 6 nitrogen and oxygen atoms in total. The number of rotatable bonds is 6. The Bertz CT molecular complexity index is 680. The van der Waals surface area contributed by atoms with Crippen molar-refractivity contribution in [2.45, 2.75) is 38.5 Å². The Morgan fingerprint density at radius 3 is 3.00 bits per heavy atom. The van der Waals surface area contributed by atoms with Crippen LogP contribution < -0.4 is 5.32 Å². The van der Waals surface area contributed by atoms with Crippen molar-refractivity contribution >= 4 is 23.4 Å². The van der Waals surface area contributed by atoms with Crippen LogP contribution in [0.1, 0.15) is 35.8 Å². The summed E-state index contributed by atoms with van der Waals surface area (Å²) in [5.74, 6) is 1.91. The minimum Gasteiger partial charge on any atom is -0.325 e. The molecule has 0 radical (unpaired) electrons. The number of aromatic nitrogens is 4. The van der Waals surface area contributed by atoms with Crippen molar-refractivity contribution in [2.75, 3.05) is 11.1 Å². The highest BCUT2D eigenvalue weighted by molar-refractivity contribution is 7.99. The molecule has 1 aromatic carbocycles. The second-order valence-corrected chi connectivity index (χ2v) is 6.62. The predicted molar refractivity (Wildman–Crippen MR) is 86.8 cm³/mol. The number of hydrogen-bond donors (Lipinski definition) is 1. The van der Waals surface area contributed by atoms with Gasteiger partial charge in [-0.05, 0) is 54.3 Å². The Hall–Kier alpha value is -1.89. The molecule has 3 rings (SSSR count). The third kappa shape index (κ3) is 3.65. The summed E-state index contributed by atoms with van der Waals surface area (Å²) in [6, 6.07) is 6.51. The second kappa shape index (κ2) is 6.48. The van der Waals surface area contributed by atoms with Crippen LogP contribution in [0.15, 0.2) is 18.2 Å². The van der Waals surface area contributed by atoms with Crippen LogP contribution in [0.4, 0.5) is 5.69 Å². The van der Waals surface area contributed by atoms with Gasteiger partial charge in [0.2, 0.25) is 5.91 Å². The summed E-state index contributed by atoms with van der Waals surface area (Å²) < 4.78 is 1.88. The van der Waals surface area contributed by atoms with E-state index in [9.17, 15) is 4.79 Å². The number of tetrazole rings is 1. The van der Waals surface area contributed by atoms with Crippen LogP contribution in [0.3, 0.4) is 0 Å². The minimum absolute atomic E-state index is 0.00384. The monoisotopic (exact) mass is 317 g/mol. The molecule has 2 aromatic rings. The Kier molecular flexibility index (Phi) is 4.42. The third-order valence-electron chi connectivity index (χ3n) is 3.59. The van der Waals surface area contributed by atoms with Gasteiger partial charge in [0.1, 0.15) is 0 Å². The third-order valence-corrected chi connectivity index (χ3v) is 4.51. The van der Waals surface area contributed by atoms with Crippen molar-refractivity contribution in [1.82, 2.24) is 20.2 Å². The number of nitrogens with one attached hydrogen (secondary N) is 1. The van der Waals surface area contributed by atoms with Crippen molar-refractivity contribution < 1.29 is 4.79 Å². The molecule has 0 unspecified atom stereocenters. The van der Waals surface area contributed by atoms with Crippen LogP contribution in [0, 0.1) is 13.8 Å². The second-order valence-electron chi connectivity index (χ2n) is 5.63. The number of hydrogen-bond acceptors (Lipinski definition) is 5. The number of aryl methyl sites for hydroxylation is 2. The van der Waals surface area contributed by atoms with E-state index < -0.39 is 0 Å². The topological polar surface area (TPSA) is 72.7 Å². The fourth-order valence-corrected chi connectivity index (χ4v) is 2.93. The smallest absolute Gasteiger partial charge is 0.234 e. The zero-order chi connectivity index (χ0) is 15.5. The molecule has 0 saturated heterocycles. The fourth-order valence-electron chi connectivity index (χ4n) is 2.20. The molecule has 0 spiro atoms. The number of amides is 1. The summed E-state index contributed by atoms with van der Waals surface area (Å²) in [7, 11) is 0. The molecule has 0 atom stereocenters. The van der Waals surface area contributed by atoms with Crippen molar-refractivity contribution in [3.63, 3.8) is 0 Å². The molecule has 1 saturated carbocycles. The molecule has 1 aliphatic rings. The summed E-state index contributed by atoms with van der Waals surface area (Å²) in [5.41, 5.74) is 3.09. The van der Waals surface area contributed by atoms with E-state index >= 15 is 0 Å². The van der Waals surface area contributed by atoms with Gasteiger partial charge in [-0.3, -0.25) is 4.79 Å². The van der Waals surface area contributed by atoms with E-state index in [4.69, 9.17) is 0 Å². The van der Waals surface area contributed by atoms with E-state index in [0.717, 1.165) is 35.5 Å². The van der Waals surface area contributed by atoms with E-state index in [1.54, 1.807) is 0 Å². The molecule has 1 aliphatic carbocycles. The van der Waals surface area contributed by atoms with Crippen LogP contribution in [-0.2, 0) is 10.5 Å². The van der Waals surface area contributed by atoms with Gasteiger partial charge in [-0.1, -0.05) is 12.1 Å². The highest BCUT2D eigenvalue weighted by Gasteiger charge is 2.27. The van der Waals surface area contributed by atoms with E-state index in [1.807, 2.05) is 36.7 Å². The van der Waals surface area contributed by atoms with Gasteiger partial charge in [-0.2, -0.15) is 0 Å². The molecule has 1 fully saturated rings. The molecular formula is C15H19N5OS. The van der Waals surface area contributed by atoms with Crippen molar-refractivity contribution in [3.05, 3.63) is 35.2 Å². The zero-order valence-electron chi connectivity index (χ0n) is 12.7. The van der Waals surface area contributed by atoms with Gasteiger partial charge in [0.05, 0.1) is 17.5 Å². The van der Waals surface area contributed by atoms with Gasteiger partial charge >= 0.3 is 0 Å². The average Bonchev–Trinajstić information content (AvgIpc) is 3.22. The lowest BCUT2D eigenvalue weighted by Gasteiger charge is -2.09. The summed E-state index contributed by atoms with van der Waals surface area (Å²) >= 11 is 1.53. The number of benzene rings is 1. The zero-order valence-corrected chi connectivity index (χ0v) is 13.6. The van der Waals surface area contributed by atoms with Crippen molar-refractivity contribution in [1.29, 1.82) is 0 Å². The molecular weight excluding hydrogens is 298 g/mol. The molecule has 0 aliphatic heterocycles. The van der Waals surface area contributed by atoms with Crippen LogP contribution >= 0.6 is 11.8 Å². The first-order chi connectivity index (χ1) is 10.6. The molecule has 1 heterocycles. The first kappa shape index (κ1) is 15.0. The number of thioether (sulfide) groups is 1. The highest BCUT2D eigenvalue weighted by Crippen LogP contribution is 2.34. The van der Waals surface area contributed by atoms with E-state index in [0.29, 0.717) is 17.5 Å². The van der Waals surface area contributed by atoms with Crippen LogP contribution in [-0.4, -0.2) is 31.9 Å². The Balaban J connectivity index is 1.50. The maximum Gasteiger partial charge on any atom is 0.234 e. The average molecular weight is 317 g/mol. The maximum absolute atomic E-state index is 12.0. The normalized spacial score (nSPS) is 14.1. The summed E-state index contributed by atoms with van der Waals surface area (Å²) in [6.07, 6.45) is 2.30. The molecule has 22 heavy (non-hydrogen) atoms. The Morgan fingerprint density at radius 1 is 1.41 bits per heavy atom. The van der Waals surface area contributed by atoms with Gasteiger partial charge in [-0.15, -0.1) is 16.9 Å². The standard InChI is InChI=1S/C15H19N5OS/c1-10-3-4-11(2)13(7-10)16-15(21)9-22-8-14-17-18-19-20(14)12-5-6-12/h3-4,7,12H,5-6,8-9H2,1-2H3,(H,16,21). The number of carbonyl (C=O) groups is 1. The lowest BCUT2D eigenvalue weighted by Crippen LogP contribution is -2.15. The van der Waals surface area contributed by atoms with Gasteiger partial charge in [0, 0.05) is 5.69 Å². The van der Waals surface area contributed by atoms with E-state index in [-0.39, 0.29) is 5.91 Å². The SMILES string of the molecule is Cc1ccc(C)c(NC(=O)CSCc2nnnn2C2CC2)c1. The number of carbonyl (C=O) groups excluding carboxylic acids is 1. The van der Waals surface area contributed by atoms with Crippen LogP contribution in [0.5, 0.6) is 0 Å². The molecule has 0 bridgehead atoms. The highest BCUT2D eigenvalue weighted by atomic mass is 32.2. The van der Waals surface area contributed by atoms with Gasteiger partial charge in [0.15, 0.2) is 5.82 Å². The van der Waals surface area contributed by atoms with E-state index in [1.165, 1.54) is 11.8 Å². The van der Waals surface area contributed by atoms with E-state index in [2.05, 4.69) is 20.8 Å². The molecule has 1 amide bonds. The molecule has 7 heteroatoms. The van der Waals surface area contributed by atoms with Crippen LogP contribution in [0.25, 0.3) is 0 Å². The first-order valence-electron chi connectivity index (χ1n) is 7.35. The minimum atomic E-state index is 0.00384. The lowest BCUT2D eigenvalue weighted by atomic mass is 10.1. The van der Waals surface area contributed by atoms with Crippen LogP contribution in [0.2, 0.25) is 0 Å². The first-order valence-corrected chi connectivity index (χ1v) is 8.50. The van der Waals surface area contributed by atoms with Crippen molar-refractivity contribution in [2.24, 2.45) is 0 Å². The Morgan fingerprint density at radius 2 is 2.23 bits per heavy atom. The van der Waals surface area contributed by atoms with Crippen molar-refractivity contribution in [3.8, 4) is 0 Å². The Labute approximate surface area is 133 Å². The maximum atomic E-state index is 12.0. The molecule has 116 valence electrons.